The quantitative estimate of drug-likeness (QED) is 0.805. The molecule has 0 saturated heterocycles. The molecule has 0 aromatic heterocycles. The van der Waals surface area contributed by atoms with Gasteiger partial charge in [-0.1, -0.05) is 19.1 Å². The summed E-state index contributed by atoms with van der Waals surface area (Å²) in [5.41, 5.74) is 7.89. The molecule has 84 valence electrons. The highest BCUT2D eigenvalue weighted by atomic mass is 16.5. The van der Waals surface area contributed by atoms with Crippen LogP contribution in [0.25, 0.3) is 0 Å². The lowest BCUT2D eigenvalue weighted by Gasteiger charge is -2.13. The Labute approximate surface area is 91.2 Å². The summed E-state index contributed by atoms with van der Waals surface area (Å²) in [5, 5.41) is 0. The van der Waals surface area contributed by atoms with E-state index in [1.165, 1.54) is 5.56 Å². The number of rotatable bonds is 5. The van der Waals surface area contributed by atoms with Crippen LogP contribution in [0.15, 0.2) is 18.2 Å². The molecule has 0 aliphatic rings. The highest BCUT2D eigenvalue weighted by molar-refractivity contribution is 5.38. The molecule has 3 heteroatoms. The lowest BCUT2D eigenvalue weighted by molar-refractivity contribution is 0.181. The summed E-state index contributed by atoms with van der Waals surface area (Å²) in [5.74, 6) is 1.23. The second-order valence-corrected chi connectivity index (χ2v) is 3.64. The summed E-state index contributed by atoms with van der Waals surface area (Å²) in [6.45, 7) is 3.32. The van der Waals surface area contributed by atoms with Gasteiger partial charge in [0.1, 0.15) is 5.75 Å². The Morgan fingerprint density at radius 1 is 1.33 bits per heavy atom. The molecule has 0 heterocycles. The van der Waals surface area contributed by atoms with Gasteiger partial charge in [0.25, 0.3) is 0 Å². The molecule has 0 radical (unpaired) electrons. The van der Waals surface area contributed by atoms with Gasteiger partial charge in [0.05, 0.1) is 13.7 Å². The number of ether oxygens (including phenoxy) is 2. The third-order valence-electron chi connectivity index (χ3n) is 2.53. The number of hydrogen-bond donors (Lipinski definition) is 1. The Bertz CT molecular complexity index is 312. The third-order valence-corrected chi connectivity index (χ3v) is 2.53. The number of hydrogen-bond acceptors (Lipinski definition) is 3. The van der Waals surface area contributed by atoms with Crippen molar-refractivity contribution >= 4 is 0 Å². The van der Waals surface area contributed by atoms with E-state index in [0.717, 1.165) is 11.3 Å². The average Bonchev–Trinajstić information content (AvgIpc) is 2.29. The van der Waals surface area contributed by atoms with Crippen LogP contribution in [0.3, 0.4) is 0 Å². The lowest BCUT2D eigenvalue weighted by atomic mass is 9.99. The van der Waals surface area contributed by atoms with Crippen molar-refractivity contribution in [2.45, 2.75) is 19.4 Å². The maximum atomic E-state index is 5.63. The SMILES string of the molecule is COCc1ccc(C(C)CN)cc1OC. The van der Waals surface area contributed by atoms with E-state index in [4.69, 9.17) is 15.2 Å². The molecule has 2 N–H and O–H groups in total. The molecule has 0 spiro atoms. The topological polar surface area (TPSA) is 44.5 Å². The van der Waals surface area contributed by atoms with Gasteiger partial charge in [-0.3, -0.25) is 0 Å². The minimum absolute atomic E-state index is 0.357. The monoisotopic (exact) mass is 209 g/mol. The van der Waals surface area contributed by atoms with Gasteiger partial charge in [-0.15, -0.1) is 0 Å². The molecule has 1 atom stereocenters. The van der Waals surface area contributed by atoms with Gasteiger partial charge < -0.3 is 15.2 Å². The summed E-state index contributed by atoms with van der Waals surface area (Å²) in [6.07, 6.45) is 0. The molecule has 1 aromatic rings. The first-order valence-corrected chi connectivity index (χ1v) is 5.08. The standard InChI is InChI=1S/C12H19NO2/c1-9(7-13)10-4-5-11(8-14-2)12(6-10)15-3/h4-6,9H,7-8,13H2,1-3H3. The summed E-state index contributed by atoms with van der Waals surface area (Å²) >= 11 is 0. The Morgan fingerprint density at radius 3 is 2.60 bits per heavy atom. The first kappa shape index (κ1) is 12.0. The number of nitrogens with two attached hydrogens (primary N) is 1. The molecule has 1 aromatic carbocycles. The van der Waals surface area contributed by atoms with Crippen LogP contribution in [0, 0.1) is 0 Å². The minimum atomic E-state index is 0.357. The van der Waals surface area contributed by atoms with Crippen molar-refractivity contribution < 1.29 is 9.47 Å². The van der Waals surface area contributed by atoms with Crippen molar-refractivity contribution in [1.29, 1.82) is 0 Å². The van der Waals surface area contributed by atoms with E-state index >= 15 is 0 Å². The first-order valence-electron chi connectivity index (χ1n) is 5.08. The average molecular weight is 209 g/mol. The predicted octanol–water partition coefficient (Wildman–Crippen LogP) is 1.90. The Hall–Kier alpha value is -1.06. The molecule has 3 nitrogen and oxygen atoms in total. The van der Waals surface area contributed by atoms with Crippen LogP contribution in [0.2, 0.25) is 0 Å². The van der Waals surface area contributed by atoms with Crippen molar-refractivity contribution in [2.24, 2.45) is 5.73 Å². The Kier molecular flexibility index (Phi) is 4.59. The van der Waals surface area contributed by atoms with Crippen molar-refractivity contribution in [1.82, 2.24) is 0 Å². The zero-order chi connectivity index (χ0) is 11.3. The maximum absolute atomic E-state index is 5.63. The van der Waals surface area contributed by atoms with E-state index in [1.807, 2.05) is 12.1 Å². The summed E-state index contributed by atoms with van der Waals surface area (Å²) in [6, 6.07) is 6.14. The van der Waals surface area contributed by atoms with Gasteiger partial charge in [-0.05, 0) is 24.1 Å². The third kappa shape index (κ3) is 2.94. The highest BCUT2D eigenvalue weighted by Gasteiger charge is 2.08. The largest absolute Gasteiger partial charge is 0.496 e. The first-order chi connectivity index (χ1) is 7.22. The van der Waals surface area contributed by atoms with E-state index in [1.54, 1.807) is 14.2 Å². The number of benzene rings is 1. The van der Waals surface area contributed by atoms with Gasteiger partial charge in [-0.2, -0.15) is 0 Å². The van der Waals surface area contributed by atoms with Crippen LogP contribution in [-0.4, -0.2) is 20.8 Å². The molecule has 0 saturated carbocycles. The Morgan fingerprint density at radius 2 is 2.07 bits per heavy atom. The van der Waals surface area contributed by atoms with Crippen LogP contribution < -0.4 is 10.5 Å². The zero-order valence-corrected chi connectivity index (χ0v) is 9.62. The summed E-state index contributed by atoms with van der Waals surface area (Å²) in [4.78, 5) is 0. The minimum Gasteiger partial charge on any atom is -0.496 e. The van der Waals surface area contributed by atoms with Crippen molar-refractivity contribution in [3.05, 3.63) is 29.3 Å². The van der Waals surface area contributed by atoms with Crippen LogP contribution in [-0.2, 0) is 11.3 Å². The normalized spacial score (nSPS) is 12.5. The molecular weight excluding hydrogens is 190 g/mol. The molecule has 0 bridgehead atoms. The molecule has 1 unspecified atom stereocenters. The van der Waals surface area contributed by atoms with Gasteiger partial charge in [-0.25, -0.2) is 0 Å². The zero-order valence-electron chi connectivity index (χ0n) is 9.62. The van der Waals surface area contributed by atoms with E-state index in [0.29, 0.717) is 19.1 Å². The van der Waals surface area contributed by atoms with E-state index in [-0.39, 0.29) is 0 Å². The molecule has 0 amide bonds. The van der Waals surface area contributed by atoms with E-state index in [2.05, 4.69) is 13.0 Å². The lowest BCUT2D eigenvalue weighted by Crippen LogP contribution is -2.09. The fraction of sp³-hybridized carbons (Fsp3) is 0.500. The van der Waals surface area contributed by atoms with Gasteiger partial charge in [0, 0.05) is 12.7 Å². The second-order valence-electron chi connectivity index (χ2n) is 3.64. The van der Waals surface area contributed by atoms with Crippen molar-refractivity contribution in [3.8, 4) is 5.75 Å². The molecule has 0 fully saturated rings. The molecule has 1 rings (SSSR count). The van der Waals surface area contributed by atoms with Gasteiger partial charge in [0.2, 0.25) is 0 Å². The molecule has 0 aliphatic heterocycles. The second kappa shape index (κ2) is 5.73. The van der Waals surface area contributed by atoms with Crippen LogP contribution in [0.1, 0.15) is 24.0 Å². The predicted molar refractivity (Wildman–Crippen MR) is 61.2 cm³/mol. The fourth-order valence-electron chi connectivity index (χ4n) is 1.48. The summed E-state index contributed by atoms with van der Waals surface area (Å²) < 4.78 is 10.4. The van der Waals surface area contributed by atoms with Crippen LogP contribution in [0.5, 0.6) is 5.75 Å². The van der Waals surface area contributed by atoms with E-state index in [9.17, 15) is 0 Å². The van der Waals surface area contributed by atoms with Gasteiger partial charge in [0.15, 0.2) is 0 Å². The smallest absolute Gasteiger partial charge is 0.124 e. The maximum Gasteiger partial charge on any atom is 0.124 e. The van der Waals surface area contributed by atoms with Crippen LogP contribution in [0.4, 0.5) is 0 Å². The molecule has 0 aliphatic carbocycles. The fourth-order valence-corrected chi connectivity index (χ4v) is 1.48. The highest BCUT2D eigenvalue weighted by Crippen LogP contribution is 2.24. The number of methoxy groups -OCH3 is 2. The van der Waals surface area contributed by atoms with Crippen molar-refractivity contribution in [2.75, 3.05) is 20.8 Å². The van der Waals surface area contributed by atoms with E-state index < -0.39 is 0 Å². The van der Waals surface area contributed by atoms with Gasteiger partial charge >= 0.3 is 0 Å². The van der Waals surface area contributed by atoms with Crippen molar-refractivity contribution in [3.63, 3.8) is 0 Å². The Balaban J connectivity index is 2.96. The summed E-state index contributed by atoms with van der Waals surface area (Å²) in [7, 11) is 3.35. The molecule has 15 heavy (non-hydrogen) atoms. The molecular formula is C12H19NO2. The van der Waals surface area contributed by atoms with Crippen LogP contribution >= 0.6 is 0 Å².